The molecule has 0 fully saturated rings. The molecule has 112 valence electrons. The van der Waals surface area contributed by atoms with Crippen molar-refractivity contribution < 1.29 is 14.3 Å². The fraction of sp³-hybridized carbons (Fsp3) is 0.176. The first kappa shape index (κ1) is 14.6. The maximum absolute atomic E-state index is 12.5. The zero-order chi connectivity index (χ0) is 15.7. The predicted molar refractivity (Wildman–Crippen MR) is 84.0 cm³/mol. The Hall–Kier alpha value is -2.33. The lowest BCUT2D eigenvalue weighted by Gasteiger charge is -2.33. The van der Waals surface area contributed by atoms with Gasteiger partial charge < -0.3 is 10.1 Å². The Balaban J connectivity index is 1.85. The van der Waals surface area contributed by atoms with E-state index in [-0.39, 0.29) is 5.91 Å². The third-order valence-electron chi connectivity index (χ3n) is 3.65. The minimum absolute atomic E-state index is 0.335. The Morgan fingerprint density at radius 1 is 1.23 bits per heavy atom. The summed E-state index contributed by atoms with van der Waals surface area (Å²) in [5.74, 6) is -0.858. The Kier molecular flexibility index (Phi) is 3.62. The van der Waals surface area contributed by atoms with Gasteiger partial charge in [-0.25, -0.2) is 4.79 Å². The van der Waals surface area contributed by atoms with Gasteiger partial charge in [-0.05, 0) is 36.8 Å². The monoisotopic (exact) mass is 315 g/mol. The van der Waals surface area contributed by atoms with Crippen molar-refractivity contribution in [1.29, 1.82) is 0 Å². The van der Waals surface area contributed by atoms with E-state index in [9.17, 15) is 9.59 Å². The molecule has 22 heavy (non-hydrogen) atoms. The SMILES string of the molecule is CC1(C(=O)Nc2cccc(Cl)c2)Cc2ccccc2C(=O)O1. The van der Waals surface area contributed by atoms with Crippen LogP contribution >= 0.6 is 11.6 Å². The summed E-state index contributed by atoms with van der Waals surface area (Å²) in [6.45, 7) is 1.61. The van der Waals surface area contributed by atoms with E-state index >= 15 is 0 Å². The molecule has 5 heteroatoms. The van der Waals surface area contributed by atoms with Gasteiger partial charge in [0.1, 0.15) is 0 Å². The molecule has 0 spiro atoms. The topological polar surface area (TPSA) is 55.4 Å². The number of benzene rings is 2. The van der Waals surface area contributed by atoms with Crippen LogP contribution < -0.4 is 5.32 Å². The summed E-state index contributed by atoms with van der Waals surface area (Å²) in [4.78, 5) is 24.6. The van der Waals surface area contributed by atoms with Gasteiger partial charge in [0, 0.05) is 17.1 Å². The normalized spacial score (nSPS) is 20.0. The third kappa shape index (κ3) is 2.70. The molecule has 0 radical (unpaired) electrons. The van der Waals surface area contributed by atoms with Crippen LogP contribution in [0.5, 0.6) is 0 Å². The molecule has 1 N–H and O–H groups in total. The fourth-order valence-corrected chi connectivity index (χ4v) is 2.68. The summed E-state index contributed by atoms with van der Waals surface area (Å²) < 4.78 is 5.38. The Morgan fingerprint density at radius 2 is 2.00 bits per heavy atom. The summed E-state index contributed by atoms with van der Waals surface area (Å²) >= 11 is 5.90. The number of hydrogen-bond donors (Lipinski definition) is 1. The predicted octanol–water partition coefficient (Wildman–Crippen LogP) is 3.45. The van der Waals surface area contributed by atoms with E-state index in [2.05, 4.69) is 5.32 Å². The van der Waals surface area contributed by atoms with E-state index < -0.39 is 11.6 Å². The van der Waals surface area contributed by atoms with Crippen LogP contribution in [-0.4, -0.2) is 17.5 Å². The zero-order valence-corrected chi connectivity index (χ0v) is 12.7. The standard InChI is InChI=1S/C17H14ClNO3/c1-17(16(21)19-13-7-4-6-12(18)9-13)10-11-5-2-3-8-14(11)15(20)22-17/h2-9H,10H2,1H3,(H,19,21). The number of carbonyl (C=O) groups excluding carboxylic acids is 2. The highest BCUT2D eigenvalue weighted by Crippen LogP contribution is 2.29. The summed E-state index contributed by atoms with van der Waals surface area (Å²) in [6.07, 6.45) is 0.335. The average Bonchev–Trinajstić information content (AvgIpc) is 2.47. The van der Waals surface area contributed by atoms with Crippen molar-refractivity contribution in [2.45, 2.75) is 18.9 Å². The van der Waals surface area contributed by atoms with Crippen molar-refractivity contribution >= 4 is 29.2 Å². The smallest absolute Gasteiger partial charge is 0.339 e. The Labute approximate surface area is 133 Å². The highest BCUT2D eigenvalue weighted by molar-refractivity contribution is 6.30. The van der Waals surface area contributed by atoms with Crippen molar-refractivity contribution in [2.75, 3.05) is 5.32 Å². The van der Waals surface area contributed by atoms with Crippen LogP contribution in [0.2, 0.25) is 5.02 Å². The molecule has 0 saturated carbocycles. The van der Waals surface area contributed by atoms with Gasteiger partial charge in [-0.1, -0.05) is 35.9 Å². The molecule has 4 nitrogen and oxygen atoms in total. The number of esters is 1. The molecule has 0 saturated heterocycles. The van der Waals surface area contributed by atoms with Crippen LogP contribution in [0.25, 0.3) is 0 Å². The van der Waals surface area contributed by atoms with Gasteiger partial charge in [-0.15, -0.1) is 0 Å². The van der Waals surface area contributed by atoms with E-state index in [1.54, 1.807) is 43.3 Å². The lowest BCUT2D eigenvalue weighted by Crippen LogP contribution is -2.48. The highest BCUT2D eigenvalue weighted by Gasteiger charge is 2.42. The van der Waals surface area contributed by atoms with Crippen LogP contribution in [-0.2, 0) is 16.0 Å². The van der Waals surface area contributed by atoms with Crippen LogP contribution in [0.1, 0.15) is 22.8 Å². The molecule has 1 aliphatic heterocycles. The molecule has 1 heterocycles. The fourth-order valence-electron chi connectivity index (χ4n) is 2.49. The van der Waals surface area contributed by atoms with Crippen LogP contribution in [0.15, 0.2) is 48.5 Å². The van der Waals surface area contributed by atoms with Gasteiger partial charge in [0.25, 0.3) is 5.91 Å². The molecule has 0 aliphatic carbocycles. The second-order valence-electron chi connectivity index (χ2n) is 5.42. The van der Waals surface area contributed by atoms with Crippen molar-refractivity contribution in [2.24, 2.45) is 0 Å². The minimum Gasteiger partial charge on any atom is -0.445 e. The zero-order valence-electron chi connectivity index (χ0n) is 11.9. The van der Waals surface area contributed by atoms with Gasteiger partial charge in [-0.3, -0.25) is 4.79 Å². The molecular formula is C17H14ClNO3. The molecule has 1 atom stereocenters. The Morgan fingerprint density at radius 3 is 2.77 bits per heavy atom. The second-order valence-corrected chi connectivity index (χ2v) is 5.86. The van der Waals surface area contributed by atoms with Gasteiger partial charge in [-0.2, -0.15) is 0 Å². The van der Waals surface area contributed by atoms with E-state index in [1.807, 2.05) is 12.1 Å². The summed E-state index contributed by atoms with van der Waals surface area (Å²) in [7, 11) is 0. The number of fused-ring (bicyclic) bond motifs is 1. The van der Waals surface area contributed by atoms with Gasteiger partial charge in [0.05, 0.1) is 5.56 Å². The van der Waals surface area contributed by atoms with E-state index in [0.717, 1.165) is 5.56 Å². The number of hydrogen-bond acceptors (Lipinski definition) is 3. The van der Waals surface area contributed by atoms with Gasteiger partial charge in [0.2, 0.25) is 0 Å². The maximum Gasteiger partial charge on any atom is 0.339 e. The minimum atomic E-state index is -1.24. The number of ether oxygens (including phenoxy) is 1. The third-order valence-corrected chi connectivity index (χ3v) is 3.88. The molecular weight excluding hydrogens is 302 g/mol. The molecule has 1 amide bonds. The Bertz CT molecular complexity index is 759. The van der Waals surface area contributed by atoms with E-state index in [1.165, 1.54) is 0 Å². The lowest BCUT2D eigenvalue weighted by atomic mass is 9.89. The van der Waals surface area contributed by atoms with E-state index in [4.69, 9.17) is 16.3 Å². The summed E-state index contributed by atoms with van der Waals surface area (Å²) in [6, 6.07) is 14.0. The lowest BCUT2D eigenvalue weighted by molar-refractivity contribution is -0.134. The number of amides is 1. The molecule has 1 unspecified atom stereocenters. The number of nitrogens with one attached hydrogen (secondary N) is 1. The van der Waals surface area contributed by atoms with Crippen LogP contribution in [0.4, 0.5) is 5.69 Å². The molecule has 1 aliphatic rings. The molecule has 2 aromatic carbocycles. The van der Waals surface area contributed by atoms with Crippen LogP contribution in [0.3, 0.4) is 0 Å². The van der Waals surface area contributed by atoms with Gasteiger partial charge in [0.15, 0.2) is 5.60 Å². The average molecular weight is 316 g/mol. The van der Waals surface area contributed by atoms with Crippen molar-refractivity contribution in [3.8, 4) is 0 Å². The molecule has 3 rings (SSSR count). The number of anilines is 1. The quantitative estimate of drug-likeness (QED) is 0.864. The highest BCUT2D eigenvalue weighted by atomic mass is 35.5. The first-order chi connectivity index (χ1) is 10.5. The summed E-state index contributed by atoms with van der Waals surface area (Å²) in [5, 5.41) is 3.27. The van der Waals surface area contributed by atoms with Gasteiger partial charge >= 0.3 is 5.97 Å². The maximum atomic E-state index is 12.5. The van der Waals surface area contributed by atoms with E-state index in [0.29, 0.717) is 22.7 Å². The number of carbonyl (C=O) groups is 2. The van der Waals surface area contributed by atoms with Crippen molar-refractivity contribution in [1.82, 2.24) is 0 Å². The van der Waals surface area contributed by atoms with Crippen LogP contribution in [0, 0.1) is 0 Å². The first-order valence-electron chi connectivity index (χ1n) is 6.86. The second kappa shape index (κ2) is 5.46. The largest absolute Gasteiger partial charge is 0.445 e. The van der Waals surface area contributed by atoms with Crippen molar-refractivity contribution in [3.05, 3.63) is 64.7 Å². The van der Waals surface area contributed by atoms with Crippen molar-refractivity contribution in [3.63, 3.8) is 0 Å². The first-order valence-corrected chi connectivity index (χ1v) is 7.24. The number of halogens is 1. The number of rotatable bonds is 2. The number of cyclic esters (lactones) is 1. The molecule has 0 aromatic heterocycles. The molecule has 0 bridgehead atoms. The molecule has 2 aromatic rings. The summed E-state index contributed by atoms with van der Waals surface area (Å²) in [5.41, 5.74) is 0.639.